The van der Waals surface area contributed by atoms with E-state index in [0.29, 0.717) is 5.01 Å². The number of alkyl halides is 1. The summed E-state index contributed by atoms with van der Waals surface area (Å²) >= 11 is 3.40. The highest BCUT2D eigenvalue weighted by atomic mass is 79.9. The maximum atomic E-state index is 5.32. The fourth-order valence-electron chi connectivity index (χ4n) is 0.910. The Morgan fingerprint density at radius 2 is 1.88 bits per heavy atom. The molecular formula is C6H11BrO. The van der Waals surface area contributed by atoms with E-state index in [1.807, 2.05) is 0 Å². The van der Waals surface area contributed by atoms with E-state index in [1.54, 1.807) is 0 Å². The van der Waals surface area contributed by atoms with Crippen LogP contribution in [-0.2, 0) is 4.74 Å². The number of hydrogen-bond acceptors (Lipinski definition) is 1. The van der Waals surface area contributed by atoms with E-state index in [2.05, 4.69) is 29.8 Å². The molecule has 0 aromatic heterocycles. The van der Waals surface area contributed by atoms with Crippen LogP contribution < -0.4 is 0 Å². The molecule has 1 heterocycles. The van der Waals surface area contributed by atoms with Crippen LogP contribution in [0.5, 0.6) is 0 Å². The number of hydrogen-bond donors (Lipinski definition) is 0. The molecule has 1 unspecified atom stereocenters. The third-order valence-electron chi connectivity index (χ3n) is 1.89. The smallest absolute Gasteiger partial charge is 0.142 e. The van der Waals surface area contributed by atoms with Gasteiger partial charge in [0.15, 0.2) is 0 Å². The fraction of sp³-hybridized carbons (Fsp3) is 1.00. The second-order valence-electron chi connectivity index (χ2n) is 2.21. The van der Waals surface area contributed by atoms with Crippen molar-refractivity contribution in [2.45, 2.75) is 37.3 Å². The van der Waals surface area contributed by atoms with Crippen LogP contribution in [0.2, 0.25) is 0 Å². The zero-order valence-corrected chi connectivity index (χ0v) is 6.86. The summed E-state index contributed by atoms with van der Waals surface area (Å²) in [7, 11) is 0. The summed E-state index contributed by atoms with van der Waals surface area (Å²) in [4.78, 5) is 0. The normalized spacial score (nSPS) is 32.6. The largest absolute Gasteiger partial charge is 0.354 e. The molecular weight excluding hydrogens is 168 g/mol. The molecule has 2 heteroatoms. The Labute approximate surface area is 58.5 Å². The Balaban J connectivity index is 2.39. The molecule has 8 heavy (non-hydrogen) atoms. The lowest BCUT2D eigenvalue weighted by Gasteiger charge is -2.01. The standard InChI is InChI=1S/C6H11BrO/c1-3-6(4-2)5(7)8-6/h5H,3-4H2,1-2H3. The molecule has 1 fully saturated rings. The predicted molar refractivity (Wildman–Crippen MR) is 37.1 cm³/mol. The molecule has 48 valence electrons. The van der Waals surface area contributed by atoms with Crippen molar-refractivity contribution >= 4 is 15.9 Å². The van der Waals surface area contributed by atoms with E-state index in [4.69, 9.17) is 4.74 Å². The van der Waals surface area contributed by atoms with Gasteiger partial charge >= 0.3 is 0 Å². The molecule has 1 rings (SSSR count). The molecule has 0 aliphatic carbocycles. The molecule has 0 aromatic carbocycles. The summed E-state index contributed by atoms with van der Waals surface area (Å²) in [6, 6.07) is 0. The summed E-state index contributed by atoms with van der Waals surface area (Å²) < 4.78 is 5.32. The molecule has 0 saturated carbocycles. The van der Waals surface area contributed by atoms with E-state index in [9.17, 15) is 0 Å². The lowest BCUT2D eigenvalue weighted by Crippen LogP contribution is -2.08. The van der Waals surface area contributed by atoms with Gasteiger partial charge in [-0.15, -0.1) is 0 Å². The Morgan fingerprint density at radius 1 is 1.50 bits per heavy atom. The molecule has 1 saturated heterocycles. The average molecular weight is 179 g/mol. The van der Waals surface area contributed by atoms with Crippen LogP contribution in [0.3, 0.4) is 0 Å². The third kappa shape index (κ3) is 0.799. The lowest BCUT2D eigenvalue weighted by atomic mass is 10.1. The van der Waals surface area contributed by atoms with Gasteiger partial charge in [0.25, 0.3) is 0 Å². The Bertz CT molecular complexity index is 83.0. The van der Waals surface area contributed by atoms with E-state index >= 15 is 0 Å². The van der Waals surface area contributed by atoms with Crippen LogP contribution in [0.1, 0.15) is 26.7 Å². The van der Waals surface area contributed by atoms with Crippen LogP contribution in [0.15, 0.2) is 0 Å². The maximum Gasteiger partial charge on any atom is 0.142 e. The summed E-state index contributed by atoms with van der Waals surface area (Å²) in [5.74, 6) is 0. The first-order chi connectivity index (χ1) is 3.75. The second-order valence-corrected chi connectivity index (χ2v) is 3.04. The monoisotopic (exact) mass is 178 g/mol. The summed E-state index contributed by atoms with van der Waals surface area (Å²) in [5, 5.41) is 0.338. The number of epoxide rings is 1. The predicted octanol–water partition coefficient (Wildman–Crippen LogP) is 2.30. The first kappa shape index (κ1) is 6.56. The lowest BCUT2D eigenvalue weighted by molar-refractivity contribution is 0.287. The summed E-state index contributed by atoms with van der Waals surface area (Å²) in [6.45, 7) is 4.32. The minimum atomic E-state index is 0.208. The molecule has 1 atom stereocenters. The molecule has 0 spiro atoms. The molecule has 0 aromatic rings. The Hall–Kier alpha value is 0.440. The molecule has 1 aliphatic rings. The molecule has 0 bridgehead atoms. The second kappa shape index (κ2) is 1.99. The summed E-state index contributed by atoms with van der Waals surface area (Å²) in [6.07, 6.45) is 2.25. The van der Waals surface area contributed by atoms with Crippen molar-refractivity contribution < 1.29 is 4.74 Å². The van der Waals surface area contributed by atoms with E-state index < -0.39 is 0 Å². The quantitative estimate of drug-likeness (QED) is 0.468. The zero-order chi connectivity index (χ0) is 6.20. The highest BCUT2D eigenvalue weighted by Gasteiger charge is 2.51. The van der Waals surface area contributed by atoms with E-state index in [0.717, 1.165) is 12.8 Å². The van der Waals surface area contributed by atoms with Crippen molar-refractivity contribution in [2.75, 3.05) is 0 Å². The minimum Gasteiger partial charge on any atom is -0.354 e. The number of halogens is 1. The van der Waals surface area contributed by atoms with Crippen molar-refractivity contribution in [3.05, 3.63) is 0 Å². The van der Waals surface area contributed by atoms with Crippen molar-refractivity contribution in [2.24, 2.45) is 0 Å². The average Bonchev–Trinajstić information content (AvgIpc) is 2.43. The van der Waals surface area contributed by atoms with Crippen LogP contribution in [0.4, 0.5) is 0 Å². The van der Waals surface area contributed by atoms with Gasteiger partial charge in [-0.25, -0.2) is 0 Å². The van der Waals surface area contributed by atoms with Gasteiger partial charge in [-0.2, -0.15) is 0 Å². The molecule has 0 amide bonds. The number of rotatable bonds is 2. The highest BCUT2D eigenvalue weighted by molar-refractivity contribution is 9.09. The van der Waals surface area contributed by atoms with Crippen molar-refractivity contribution in [1.29, 1.82) is 0 Å². The van der Waals surface area contributed by atoms with Crippen molar-refractivity contribution in [3.8, 4) is 0 Å². The van der Waals surface area contributed by atoms with Crippen molar-refractivity contribution in [3.63, 3.8) is 0 Å². The first-order valence-electron chi connectivity index (χ1n) is 3.07. The molecule has 1 aliphatic heterocycles. The Morgan fingerprint density at radius 3 is 1.88 bits per heavy atom. The van der Waals surface area contributed by atoms with Crippen LogP contribution in [-0.4, -0.2) is 10.6 Å². The van der Waals surface area contributed by atoms with Gasteiger partial charge in [0.05, 0.1) is 0 Å². The van der Waals surface area contributed by atoms with Gasteiger partial charge in [-0.1, -0.05) is 29.8 Å². The molecule has 0 radical (unpaired) electrons. The molecule has 1 nitrogen and oxygen atoms in total. The van der Waals surface area contributed by atoms with Crippen LogP contribution >= 0.6 is 15.9 Å². The van der Waals surface area contributed by atoms with Gasteiger partial charge in [0, 0.05) is 0 Å². The maximum absolute atomic E-state index is 5.32. The van der Waals surface area contributed by atoms with Gasteiger partial charge in [-0.05, 0) is 12.8 Å². The highest BCUT2D eigenvalue weighted by Crippen LogP contribution is 2.45. The van der Waals surface area contributed by atoms with Gasteiger partial charge < -0.3 is 4.74 Å². The zero-order valence-electron chi connectivity index (χ0n) is 5.28. The van der Waals surface area contributed by atoms with E-state index in [-0.39, 0.29) is 5.60 Å². The van der Waals surface area contributed by atoms with Crippen LogP contribution in [0.25, 0.3) is 0 Å². The first-order valence-corrected chi connectivity index (χ1v) is 3.98. The minimum absolute atomic E-state index is 0.208. The van der Waals surface area contributed by atoms with Crippen molar-refractivity contribution in [1.82, 2.24) is 0 Å². The number of ether oxygens (including phenoxy) is 1. The molecule has 0 N–H and O–H groups in total. The SMILES string of the molecule is CCC1(CC)OC1Br. The fourth-order valence-corrected chi connectivity index (χ4v) is 1.93. The van der Waals surface area contributed by atoms with E-state index in [1.165, 1.54) is 0 Å². The van der Waals surface area contributed by atoms with Gasteiger partial charge in [0.1, 0.15) is 10.6 Å². The van der Waals surface area contributed by atoms with Crippen LogP contribution in [0, 0.1) is 0 Å². The summed E-state index contributed by atoms with van der Waals surface area (Å²) in [5.41, 5.74) is 0.208. The Kier molecular flexibility index (Phi) is 1.63. The van der Waals surface area contributed by atoms with Gasteiger partial charge in [-0.3, -0.25) is 0 Å². The van der Waals surface area contributed by atoms with Gasteiger partial charge in [0.2, 0.25) is 0 Å². The third-order valence-corrected chi connectivity index (χ3v) is 2.91. The topological polar surface area (TPSA) is 12.5 Å².